The fourth-order valence-electron chi connectivity index (χ4n) is 3.37. The number of benzene rings is 3. The molecule has 7 nitrogen and oxygen atoms in total. The summed E-state index contributed by atoms with van der Waals surface area (Å²) in [6.07, 6.45) is 1.51. The van der Waals surface area contributed by atoms with E-state index in [-0.39, 0.29) is 11.5 Å². The Labute approximate surface area is 209 Å². The molecule has 0 fully saturated rings. The molecule has 1 heterocycles. The zero-order valence-electron chi connectivity index (χ0n) is 19.7. The molecule has 0 bridgehead atoms. The Kier molecular flexibility index (Phi) is 9.09. The van der Waals surface area contributed by atoms with Crippen LogP contribution >= 0.6 is 12.2 Å². The van der Waals surface area contributed by atoms with Gasteiger partial charge in [0, 0.05) is 26.2 Å². The van der Waals surface area contributed by atoms with Crippen molar-refractivity contribution < 1.29 is 9.59 Å². The van der Waals surface area contributed by atoms with Gasteiger partial charge in [0.25, 0.3) is 11.5 Å². The van der Waals surface area contributed by atoms with E-state index in [2.05, 4.69) is 10.3 Å². The molecule has 0 aliphatic heterocycles. The number of carbonyl (C=O) groups excluding carboxylic acids is 2. The second kappa shape index (κ2) is 12.4. The van der Waals surface area contributed by atoms with Crippen LogP contribution in [0.25, 0.3) is 10.9 Å². The van der Waals surface area contributed by atoms with Crippen molar-refractivity contribution in [2.75, 3.05) is 20.6 Å². The Balaban J connectivity index is 0.000000623. The number of H-pyrrole nitrogens is 1. The van der Waals surface area contributed by atoms with Gasteiger partial charge in [0.05, 0.1) is 17.4 Å². The molecule has 35 heavy (non-hydrogen) atoms. The first-order valence-corrected chi connectivity index (χ1v) is 11.5. The van der Waals surface area contributed by atoms with Crippen LogP contribution in [0, 0.1) is 4.77 Å². The molecule has 3 aromatic carbocycles. The second-order valence-corrected chi connectivity index (χ2v) is 8.51. The van der Waals surface area contributed by atoms with Gasteiger partial charge in [-0.25, -0.2) is 0 Å². The Morgan fingerprint density at radius 2 is 1.60 bits per heavy atom. The number of hydrogen-bond acceptors (Lipinski definition) is 4. The lowest BCUT2D eigenvalue weighted by Gasteiger charge is -2.10. The fourth-order valence-corrected chi connectivity index (χ4v) is 3.63. The zero-order valence-corrected chi connectivity index (χ0v) is 20.5. The molecule has 0 aliphatic carbocycles. The van der Waals surface area contributed by atoms with E-state index in [1.54, 1.807) is 32.3 Å². The van der Waals surface area contributed by atoms with Crippen molar-refractivity contribution in [2.45, 2.75) is 13.0 Å². The molecule has 180 valence electrons. The Hall–Kier alpha value is -4.04. The maximum absolute atomic E-state index is 12.9. The summed E-state index contributed by atoms with van der Waals surface area (Å²) in [7, 11) is 3.38. The van der Waals surface area contributed by atoms with E-state index in [1.165, 1.54) is 15.0 Å². The number of fused-ring (bicyclic) bond motifs is 1. The number of nitrogens with one attached hydrogen (secondary N) is 2. The third kappa shape index (κ3) is 7.22. The second-order valence-electron chi connectivity index (χ2n) is 8.13. The molecule has 0 unspecified atom stereocenters. The number of carbonyl (C=O) groups is 2. The van der Waals surface area contributed by atoms with Crippen LogP contribution < -0.4 is 10.9 Å². The smallest absolute Gasteiger partial charge is 0.262 e. The molecule has 0 spiro atoms. The Morgan fingerprint density at radius 1 is 1.00 bits per heavy atom. The molecule has 0 aliphatic rings. The highest BCUT2D eigenvalue weighted by molar-refractivity contribution is 7.71. The van der Waals surface area contributed by atoms with Crippen molar-refractivity contribution in [3.05, 3.63) is 111 Å². The fraction of sp³-hybridized carbons (Fsp3) is 0.185. The van der Waals surface area contributed by atoms with Gasteiger partial charge in [-0.3, -0.25) is 19.0 Å². The minimum atomic E-state index is -0.180. The van der Waals surface area contributed by atoms with Crippen molar-refractivity contribution >= 4 is 35.4 Å². The maximum atomic E-state index is 12.9. The zero-order chi connectivity index (χ0) is 25.2. The minimum absolute atomic E-state index is 0.173. The van der Waals surface area contributed by atoms with Crippen LogP contribution in [0.2, 0.25) is 0 Å². The van der Waals surface area contributed by atoms with E-state index in [0.29, 0.717) is 34.3 Å². The molecule has 4 rings (SSSR count). The molecular weight excluding hydrogens is 460 g/mol. The van der Waals surface area contributed by atoms with Crippen LogP contribution in [0.4, 0.5) is 0 Å². The van der Waals surface area contributed by atoms with Crippen molar-refractivity contribution in [3.63, 3.8) is 0 Å². The van der Waals surface area contributed by atoms with E-state index < -0.39 is 0 Å². The summed E-state index contributed by atoms with van der Waals surface area (Å²) in [5.41, 5.74) is 3.03. The lowest BCUT2D eigenvalue weighted by molar-refractivity contribution is -0.115. The molecule has 0 saturated carbocycles. The molecule has 2 amide bonds. The molecule has 0 saturated heterocycles. The molecule has 4 aromatic rings. The first-order chi connectivity index (χ1) is 16.9. The maximum Gasteiger partial charge on any atom is 0.262 e. The normalized spacial score (nSPS) is 10.2. The summed E-state index contributed by atoms with van der Waals surface area (Å²) in [4.78, 5) is 39.4. The summed E-state index contributed by atoms with van der Waals surface area (Å²) in [5, 5.41) is 3.42. The van der Waals surface area contributed by atoms with Crippen LogP contribution in [0.1, 0.15) is 21.5 Å². The van der Waals surface area contributed by atoms with Crippen molar-refractivity contribution in [3.8, 4) is 0 Å². The summed E-state index contributed by atoms with van der Waals surface area (Å²) < 4.78 is 1.87. The van der Waals surface area contributed by atoms with E-state index >= 15 is 0 Å². The topological polar surface area (TPSA) is 87.2 Å². The van der Waals surface area contributed by atoms with Crippen LogP contribution in [-0.4, -0.2) is 47.4 Å². The van der Waals surface area contributed by atoms with Gasteiger partial charge in [-0.15, -0.1) is 0 Å². The summed E-state index contributed by atoms with van der Waals surface area (Å²) in [6, 6.07) is 24.7. The van der Waals surface area contributed by atoms with Crippen molar-refractivity contribution in [1.82, 2.24) is 19.8 Å². The van der Waals surface area contributed by atoms with E-state index in [9.17, 15) is 14.4 Å². The van der Waals surface area contributed by atoms with Crippen LogP contribution in [-0.2, 0) is 17.8 Å². The van der Waals surface area contributed by atoms with Gasteiger partial charge in [-0.05, 0) is 48.0 Å². The lowest BCUT2D eigenvalue weighted by Crippen LogP contribution is -2.26. The van der Waals surface area contributed by atoms with Gasteiger partial charge in [0.2, 0.25) is 6.41 Å². The number of aromatic nitrogens is 2. The van der Waals surface area contributed by atoms with Gasteiger partial charge in [0.1, 0.15) is 0 Å². The number of hydrogen-bond donors (Lipinski definition) is 2. The van der Waals surface area contributed by atoms with Gasteiger partial charge in [-0.1, -0.05) is 60.7 Å². The predicted octanol–water partition coefficient (Wildman–Crippen LogP) is 3.78. The number of amides is 2. The van der Waals surface area contributed by atoms with Crippen molar-refractivity contribution in [1.29, 1.82) is 0 Å². The van der Waals surface area contributed by atoms with Gasteiger partial charge in [-0.2, -0.15) is 0 Å². The quantitative estimate of drug-likeness (QED) is 0.306. The SMILES string of the molecule is CN(C)C=O.O=C(NCCc1ccccc1)c1ccc2c(=O)n(Cc3ccccc3)c(=S)[nH]c2c1. The van der Waals surface area contributed by atoms with E-state index in [4.69, 9.17) is 12.2 Å². The molecular formula is C27H28N4O3S. The molecule has 1 aromatic heterocycles. The Bertz CT molecular complexity index is 1400. The standard InChI is InChI=1S/C24H21N3O2S.C3H7NO/c28-22(25-14-13-17-7-3-1-4-8-17)19-11-12-20-21(15-19)26-24(30)27(23(20)29)16-18-9-5-2-6-10-18;1-4(2)3-5/h1-12,15H,13-14,16H2,(H,25,28)(H,26,30);3H,1-2H3. The predicted molar refractivity (Wildman–Crippen MR) is 141 cm³/mol. The van der Waals surface area contributed by atoms with Crippen LogP contribution in [0.15, 0.2) is 83.7 Å². The highest BCUT2D eigenvalue weighted by Crippen LogP contribution is 2.12. The number of aromatic amines is 1. The monoisotopic (exact) mass is 488 g/mol. The molecule has 0 radical (unpaired) electrons. The molecule has 2 N–H and O–H groups in total. The van der Waals surface area contributed by atoms with Crippen molar-refractivity contribution in [2.24, 2.45) is 0 Å². The van der Waals surface area contributed by atoms with E-state index in [0.717, 1.165) is 18.4 Å². The minimum Gasteiger partial charge on any atom is -0.352 e. The number of rotatable bonds is 7. The van der Waals surface area contributed by atoms with Gasteiger partial charge in [0.15, 0.2) is 4.77 Å². The lowest BCUT2D eigenvalue weighted by atomic mass is 10.1. The summed E-state index contributed by atoms with van der Waals surface area (Å²) in [6.45, 7) is 0.933. The first kappa shape index (κ1) is 25.6. The largest absolute Gasteiger partial charge is 0.352 e. The average Bonchev–Trinajstić information content (AvgIpc) is 2.87. The highest BCUT2D eigenvalue weighted by atomic mass is 32.1. The number of nitrogens with zero attached hydrogens (tertiary/aromatic N) is 2. The highest BCUT2D eigenvalue weighted by Gasteiger charge is 2.10. The van der Waals surface area contributed by atoms with Crippen LogP contribution in [0.3, 0.4) is 0 Å². The van der Waals surface area contributed by atoms with E-state index in [1.807, 2.05) is 60.7 Å². The average molecular weight is 489 g/mol. The molecule has 8 heteroatoms. The van der Waals surface area contributed by atoms with Crippen LogP contribution in [0.5, 0.6) is 0 Å². The van der Waals surface area contributed by atoms with Gasteiger partial charge >= 0.3 is 0 Å². The third-order valence-electron chi connectivity index (χ3n) is 5.18. The summed E-state index contributed by atoms with van der Waals surface area (Å²) in [5.74, 6) is -0.180. The molecule has 0 atom stereocenters. The van der Waals surface area contributed by atoms with Gasteiger partial charge < -0.3 is 15.2 Å². The summed E-state index contributed by atoms with van der Waals surface area (Å²) >= 11 is 5.41. The first-order valence-electron chi connectivity index (χ1n) is 11.1. The third-order valence-corrected chi connectivity index (χ3v) is 5.50. The Morgan fingerprint density at radius 3 is 2.20 bits per heavy atom.